The molecule has 0 saturated carbocycles. The molecule has 0 spiro atoms. The maximum atomic E-state index is 4.43. The van der Waals surface area contributed by atoms with E-state index in [4.69, 9.17) is 0 Å². The molecule has 0 amide bonds. The summed E-state index contributed by atoms with van der Waals surface area (Å²) in [6.07, 6.45) is 7.58. The van der Waals surface area contributed by atoms with Gasteiger partial charge in [-0.2, -0.15) is 4.80 Å². The van der Waals surface area contributed by atoms with Crippen molar-refractivity contribution in [3.8, 4) is 0 Å². The third kappa shape index (κ3) is 4.37. The molecule has 0 aliphatic heterocycles. The van der Waals surface area contributed by atoms with Crippen molar-refractivity contribution in [2.45, 2.75) is 72.4 Å². The lowest BCUT2D eigenvalue weighted by Gasteiger charge is -2.30. The molecule has 118 valence electrons. The molecule has 5 heteroatoms. The van der Waals surface area contributed by atoms with Crippen LogP contribution >= 0.6 is 0 Å². The summed E-state index contributed by atoms with van der Waals surface area (Å²) < 4.78 is 0. The number of hydrogen-bond acceptors (Lipinski definition) is 4. The van der Waals surface area contributed by atoms with Gasteiger partial charge in [-0.15, -0.1) is 10.2 Å². The first-order valence-corrected chi connectivity index (χ1v) is 7.99. The number of nitrogens with zero attached hydrogens (tertiary/aromatic N) is 4. The van der Waals surface area contributed by atoms with Crippen molar-refractivity contribution in [3.05, 3.63) is 17.5 Å². The zero-order valence-electron chi connectivity index (χ0n) is 14.1. The SMILES string of the molecule is CC(C)(CNCc1nnn(C(C)(C)C)n1)C1=CCCCC1. The minimum Gasteiger partial charge on any atom is -0.309 e. The number of hydrogen-bond donors (Lipinski definition) is 1. The molecule has 21 heavy (non-hydrogen) atoms. The van der Waals surface area contributed by atoms with Crippen LogP contribution in [0.4, 0.5) is 0 Å². The first-order chi connectivity index (χ1) is 9.79. The van der Waals surface area contributed by atoms with E-state index in [-0.39, 0.29) is 11.0 Å². The first-order valence-electron chi connectivity index (χ1n) is 7.99. The van der Waals surface area contributed by atoms with Gasteiger partial charge in [0, 0.05) is 6.54 Å². The van der Waals surface area contributed by atoms with Crippen molar-refractivity contribution in [1.82, 2.24) is 25.5 Å². The first kappa shape index (κ1) is 16.1. The number of nitrogens with one attached hydrogen (secondary N) is 1. The standard InChI is InChI=1S/C16H29N5/c1-15(2,3)21-19-14(18-20-21)11-17-12-16(4,5)13-9-7-6-8-10-13/h9,17H,6-8,10-12H2,1-5H3. The van der Waals surface area contributed by atoms with Crippen molar-refractivity contribution in [2.24, 2.45) is 5.41 Å². The van der Waals surface area contributed by atoms with Crippen LogP contribution < -0.4 is 5.32 Å². The van der Waals surface area contributed by atoms with Gasteiger partial charge in [0.05, 0.1) is 12.1 Å². The minimum absolute atomic E-state index is 0.114. The fourth-order valence-electron chi connectivity index (χ4n) is 2.65. The van der Waals surface area contributed by atoms with E-state index in [1.54, 1.807) is 10.4 Å². The molecule has 0 fully saturated rings. The third-order valence-corrected chi connectivity index (χ3v) is 4.07. The van der Waals surface area contributed by atoms with Crippen molar-refractivity contribution in [2.75, 3.05) is 6.54 Å². The lowest BCUT2D eigenvalue weighted by Crippen LogP contribution is -2.31. The second-order valence-electron chi connectivity index (χ2n) is 7.63. The van der Waals surface area contributed by atoms with Gasteiger partial charge in [-0.25, -0.2) is 0 Å². The van der Waals surface area contributed by atoms with Crippen LogP contribution in [-0.2, 0) is 12.1 Å². The molecule has 1 aliphatic carbocycles. The molecule has 0 bridgehead atoms. The average Bonchev–Trinajstić information content (AvgIpc) is 2.88. The van der Waals surface area contributed by atoms with Crippen LogP contribution in [0, 0.1) is 5.41 Å². The highest BCUT2D eigenvalue weighted by atomic mass is 15.6. The highest BCUT2D eigenvalue weighted by Crippen LogP contribution is 2.33. The van der Waals surface area contributed by atoms with Gasteiger partial charge in [-0.1, -0.05) is 25.5 Å². The molecule has 1 aromatic rings. The van der Waals surface area contributed by atoms with Crippen LogP contribution in [0.1, 0.15) is 66.1 Å². The van der Waals surface area contributed by atoms with E-state index in [0.717, 1.165) is 12.4 Å². The van der Waals surface area contributed by atoms with E-state index >= 15 is 0 Å². The zero-order chi connectivity index (χ0) is 15.5. The summed E-state index contributed by atoms with van der Waals surface area (Å²) in [6.45, 7) is 12.5. The van der Waals surface area contributed by atoms with Gasteiger partial charge >= 0.3 is 0 Å². The predicted octanol–water partition coefficient (Wildman–Crippen LogP) is 3.04. The fraction of sp³-hybridized carbons (Fsp3) is 0.812. The smallest absolute Gasteiger partial charge is 0.188 e. The Kier molecular flexibility index (Phi) is 4.81. The zero-order valence-corrected chi connectivity index (χ0v) is 14.1. The quantitative estimate of drug-likeness (QED) is 0.847. The maximum absolute atomic E-state index is 4.43. The Morgan fingerprint density at radius 1 is 1.19 bits per heavy atom. The van der Waals surface area contributed by atoms with Crippen LogP contribution in [0.25, 0.3) is 0 Å². The van der Waals surface area contributed by atoms with E-state index in [1.807, 2.05) is 0 Å². The van der Waals surface area contributed by atoms with Crippen LogP contribution in [0.5, 0.6) is 0 Å². The molecule has 2 rings (SSSR count). The molecule has 0 unspecified atom stereocenters. The normalized spacial score (nSPS) is 16.9. The third-order valence-electron chi connectivity index (χ3n) is 4.07. The summed E-state index contributed by atoms with van der Waals surface area (Å²) >= 11 is 0. The molecule has 5 nitrogen and oxygen atoms in total. The summed E-state index contributed by atoms with van der Waals surface area (Å²) in [7, 11) is 0. The lowest BCUT2D eigenvalue weighted by atomic mass is 9.78. The monoisotopic (exact) mass is 291 g/mol. The van der Waals surface area contributed by atoms with Gasteiger partial charge in [-0.05, 0) is 57.1 Å². The van der Waals surface area contributed by atoms with Gasteiger partial charge in [0.1, 0.15) is 0 Å². The summed E-state index contributed by atoms with van der Waals surface area (Å²) in [5.74, 6) is 0.762. The topological polar surface area (TPSA) is 55.6 Å². The summed E-state index contributed by atoms with van der Waals surface area (Å²) in [5.41, 5.74) is 1.69. The van der Waals surface area contributed by atoms with Crippen molar-refractivity contribution in [1.29, 1.82) is 0 Å². The van der Waals surface area contributed by atoms with Gasteiger partial charge in [0.2, 0.25) is 0 Å². The molecule has 0 atom stereocenters. The second-order valence-corrected chi connectivity index (χ2v) is 7.63. The Morgan fingerprint density at radius 2 is 1.95 bits per heavy atom. The van der Waals surface area contributed by atoms with E-state index in [9.17, 15) is 0 Å². The summed E-state index contributed by atoms with van der Waals surface area (Å²) in [4.78, 5) is 1.68. The van der Waals surface area contributed by atoms with E-state index in [0.29, 0.717) is 6.54 Å². The van der Waals surface area contributed by atoms with Crippen molar-refractivity contribution in [3.63, 3.8) is 0 Å². The molecule has 1 heterocycles. The Hall–Kier alpha value is -1.23. The maximum Gasteiger partial charge on any atom is 0.188 e. The van der Waals surface area contributed by atoms with Gasteiger partial charge in [-0.3, -0.25) is 0 Å². The Labute approximate surface area is 128 Å². The molecule has 1 aromatic heterocycles. The minimum atomic E-state index is -0.114. The average molecular weight is 291 g/mol. The van der Waals surface area contributed by atoms with Crippen molar-refractivity contribution >= 4 is 0 Å². The van der Waals surface area contributed by atoms with Gasteiger partial charge < -0.3 is 5.32 Å². The van der Waals surface area contributed by atoms with E-state index in [2.05, 4.69) is 61.4 Å². The molecule has 0 radical (unpaired) electrons. The fourth-order valence-corrected chi connectivity index (χ4v) is 2.65. The molecule has 0 saturated heterocycles. The van der Waals surface area contributed by atoms with Crippen molar-refractivity contribution < 1.29 is 0 Å². The number of rotatable bonds is 5. The highest BCUT2D eigenvalue weighted by Gasteiger charge is 2.24. The lowest BCUT2D eigenvalue weighted by molar-refractivity contribution is 0.304. The van der Waals surface area contributed by atoms with Crippen LogP contribution in [0.3, 0.4) is 0 Å². The Bertz CT molecular complexity index is 493. The summed E-state index contributed by atoms with van der Waals surface area (Å²) in [5, 5.41) is 16.2. The van der Waals surface area contributed by atoms with Crippen LogP contribution in [-0.4, -0.2) is 26.8 Å². The number of aromatic nitrogens is 4. The Morgan fingerprint density at radius 3 is 2.52 bits per heavy atom. The molecule has 0 aromatic carbocycles. The van der Waals surface area contributed by atoms with E-state index < -0.39 is 0 Å². The molecule has 1 aliphatic rings. The molecule has 1 N–H and O–H groups in total. The van der Waals surface area contributed by atoms with Gasteiger partial charge in [0.15, 0.2) is 5.82 Å². The Balaban J connectivity index is 1.86. The van der Waals surface area contributed by atoms with Crippen LogP contribution in [0.2, 0.25) is 0 Å². The molecular weight excluding hydrogens is 262 g/mol. The van der Waals surface area contributed by atoms with Crippen LogP contribution in [0.15, 0.2) is 11.6 Å². The summed E-state index contributed by atoms with van der Waals surface area (Å²) in [6, 6.07) is 0. The largest absolute Gasteiger partial charge is 0.309 e. The van der Waals surface area contributed by atoms with Gasteiger partial charge in [0.25, 0.3) is 0 Å². The number of allylic oxidation sites excluding steroid dienone is 1. The molecular formula is C16H29N5. The highest BCUT2D eigenvalue weighted by molar-refractivity contribution is 5.14. The van der Waals surface area contributed by atoms with E-state index in [1.165, 1.54) is 25.7 Å². The predicted molar refractivity (Wildman–Crippen MR) is 84.9 cm³/mol. The number of tetrazole rings is 1. The second kappa shape index (κ2) is 6.26.